The fourth-order valence-corrected chi connectivity index (χ4v) is 3.20. The first-order valence-corrected chi connectivity index (χ1v) is 9.10. The van der Waals surface area contributed by atoms with Gasteiger partial charge in [0.1, 0.15) is 0 Å². The van der Waals surface area contributed by atoms with Crippen molar-refractivity contribution < 1.29 is 4.79 Å². The molecule has 0 aliphatic carbocycles. The predicted octanol–water partition coefficient (Wildman–Crippen LogP) is 3.79. The van der Waals surface area contributed by atoms with Gasteiger partial charge in [-0.3, -0.25) is 9.48 Å². The number of H-pyrrole nitrogens is 1. The maximum Gasteiger partial charge on any atom is 0.271 e. The lowest BCUT2D eigenvalue weighted by molar-refractivity contribution is 0.0955. The molecular formula is C22H21N5O. The van der Waals surface area contributed by atoms with Gasteiger partial charge < -0.3 is 4.98 Å². The fourth-order valence-electron chi connectivity index (χ4n) is 3.20. The Kier molecular flexibility index (Phi) is 4.76. The van der Waals surface area contributed by atoms with Gasteiger partial charge in [0.05, 0.1) is 18.5 Å². The van der Waals surface area contributed by atoms with Gasteiger partial charge in [-0.2, -0.15) is 10.2 Å². The number of nitrogens with one attached hydrogen (secondary N) is 2. The van der Waals surface area contributed by atoms with E-state index in [9.17, 15) is 4.79 Å². The average molecular weight is 371 g/mol. The van der Waals surface area contributed by atoms with Crippen molar-refractivity contribution in [3.05, 3.63) is 88.9 Å². The van der Waals surface area contributed by atoms with Crippen LogP contribution < -0.4 is 5.43 Å². The van der Waals surface area contributed by atoms with Crippen LogP contribution in [-0.2, 0) is 6.54 Å². The SMILES string of the molecule is Cc1cc(C)n(Cc2ccc(C(=O)NN=Cc3c[nH]c4ccccc34)cc2)n1. The van der Waals surface area contributed by atoms with Crippen molar-refractivity contribution >= 4 is 23.0 Å². The van der Waals surface area contributed by atoms with Crippen LogP contribution in [-0.4, -0.2) is 26.9 Å². The highest BCUT2D eigenvalue weighted by Gasteiger charge is 2.06. The molecule has 4 rings (SSSR count). The zero-order valence-corrected chi connectivity index (χ0v) is 15.8. The van der Waals surface area contributed by atoms with Crippen LogP contribution in [0.3, 0.4) is 0 Å². The number of hydrogen-bond donors (Lipinski definition) is 2. The van der Waals surface area contributed by atoms with Crippen molar-refractivity contribution in [2.24, 2.45) is 5.10 Å². The van der Waals surface area contributed by atoms with Gasteiger partial charge in [0.15, 0.2) is 0 Å². The molecule has 2 heterocycles. The number of aromatic nitrogens is 3. The lowest BCUT2D eigenvalue weighted by Gasteiger charge is -2.06. The number of aromatic amines is 1. The summed E-state index contributed by atoms with van der Waals surface area (Å²) in [6.45, 7) is 4.70. The van der Waals surface area contributed by atoms with Crippen molar-refractivity contribution in [1.82, 2.24) is 20.2 Å². The molecule has 0 spiro atoms. The Morgan fingerprint density at radius 2 is 1.96 bits per heavy atom. The largest absolute Gasteiger partial charge is 0.361 e. The van der Waals surface area contributed by atoms with Gasteiger partial charge in [0, 0.05) is 33.9 Å². The van der Waals surface area contributed by atoms with Gasteiger partial charge in [0.2, 0.25) is 0 Å². The number of benzene rings is 2. The summed E-state index contributed by atoms with van der Waals surface area (Å²) in [6.07, 6.45) is 3.52. The number of carbonyl (C=O) groups is 1. The number of hydrogen-bond acceptors (Lipinski definition) is 3. The monoisotopic (exact) mass is 371 g/mol. The minimum absolute atomic E-state index is 0.242. The normalized spacial score (nSPS) is 11.4. The number of amides is 1. The first kappa shape index (κ1) is 17.7. The van der Waals surface area contributed by atoms with Crippen LogP contribution in [0.5, 0.6) is 0 Å². The van der Waals surface area contributed by atoms with Crippen molar-refractivity contribution in [3.63, 3.8) is 0 Å². The third-order valence-electron chi connectivity index (χ3n) is 4.64. The zero-order chi connectivity index (χ0) is 19.5. The lowest BCUT2D eigenvalue weighted by atomic mass is 10.1. The summed E-state index contributed by atoms with van der Waals surface area (Å²) < 4.78 is 1.95. The van der Waals surface area contributed by atoms with Crippen LogP contribution >= 0.6 is 0 Å². The molecule has 1 amide bonds. The molecular weight excluding hydrogens is 350 g/mol. The summed E-state index contributed by atoms with van der Waals surface area (Å²) in [7, 11) is 0. The molecule has 2 aromatic heterocycles. The molecule has 6 heteroatoms. The highest BCUT2D eigenvalue weighted by molar-refractivity contribution is 6.00. The maximum absolute atomic E-state index is 12.3. The van der Waals surface area contributed by atoms with E-state index in [4.69, 9.17) is 0 Å². The molecule has 0 atom stereocenters. The van der Waals surface area contributed by atoms with E-state index in [0.717, 1.165) is 33.4 Å². The number of aryl methyl sites for hydroxylation is 2. The second-order valence-electron chi connectivity index (χ2n) is 6.77. The van der Waals surface area contributed by atoms with Gasteiger partial charge in [-0.25, -0.2) is 5.43 Å². The molecule has 2 aromatic carbocycles. The highest BCUT2D eigenvalue weighted by atomic mass is 16.2. The molecule has 2 N–H and O–H groups in total. The highest BCUT2D eigenvalue weighted by Crippen LogP contribution is 2.15. The molecule has 6 nitrogen and oxygen atoms in total. The standard InChI is InChI=1S/C22H21N5O/c1-15-11-16(2)27(26-15)14-17-7-9-18(10-8-17)22(28)25-24-13-19-12-23-21-6-4-3-5-20(19)21/h3-13,23H,14H2,1-2H3,(H,25,28). The van der Waals surface area contributed by atoms with Crippen LogP contribution in [0.1, 0.15) is 32.9 Å². The number of nitrogens with zero attached hydrogens (tertiary/aromatic N) is 3. The van der Waals surface area contributed by atoms with Crippen LogP contribution in [0.25, 0.3) is 10.9 Å². The molecule has 0 aliphatic heterocycles. The Bertz CT molecular complexity index is 1150. The second-order valence-corrected chi connectivity index (χ2v) is 6.77. The number of para-hydroxylation sites is 1. The summed E-state index contributed by atoms with van der Waals surface area (Å²) >= 11 is 0. The van der Waals surface area contributed by atoms with Gasteiger partial charge in [-0.05, 0) is 43.7 Å². The summed E-state index contributed by atoms with van der Waals surface area (Å²) in [5.74, 6) is -0.242. The summed E-state index contributed by atoms with van der Waals surface area (Å²) in [5.41, 5.74) is 8.31. The Morgan fingerprint density at radius 3 is 2.71 bits per heavy atom. The number of fused-ring (bicyclic) bond motifs is 1. The van der Waals surface area contributed by atoms with Crippen LogP contribution in [0.15, 0.2) is 65.9 Å². The average Bonchev–Trinajstić information content (AvgIpc) is 3.25. The zero-order valence-electron chi connectivity index (χ0n) is 15.8. The molecule has 0 aliphatic rings. The molecule has 140 valence electrons. The van der Waals surface area contributed by atoms with Crippen LogP contribution in [0.4, 0.5) is 0 Å². The van der Waals surface area contributed by atoms with Gasteiger partial charge in [-0.1, -0.05) is 30.3 Å². The minimum Gasteiger partial charge on any atom is -0.361 e. The Hall–Kier alpha value is -3.67. The topological polar surface area (TPSA) is 75.1 Å². The Balaban J connectivity index is 1.40. The first-order chi connectivity index (χ1) is 13.6. The molecule has 0 radical (unpaired) electrons. The van der Waals surface area contributed by atoms with Crippen LogP contribution in [0.2, 0.25) is 0 Å². The van der Waals surface area contributed by atoms with Gasteiger partial charge in [0.25, 0.3) is 5.91 Å². The van der Waals surface area contributed by atoms with E-state index in [1.807, 2.05) is 67.2 Å². The quantitative estimate of drug-likeness (QED) is 0.414. The molecule has 0 fully saturated rings. The summed E-state index contributed by atoms with van der Waals surface area (Å²) in [6, 6.07) is 17.5. The fraction of sp³-hybridized carbons (Fsp3) is 0.136. The van der Waals surface area contributed by atoms with E-state index in [-0.39, 0.29) is 5.91 Å². The Morgan fingerprint density at radius 1 is 1.18 bits per heavy atom. The van der Waals surface area contributed by atoms with Gasteiger partial charge >= 0.3 is 0 Å². The molecule has 0 saturated heterocycles. The number of carbonyl (C=O) groups excluding carboxylic acids is 1. The predicted molar refractivity (Wildman–Crippen MR) is 111 cm³/mol. The van der Waals surface area contributed by atoms with E-state index in [2.05, 4.69) is 20.6 Å². The first-order valence-electron chi connectivity index (χ1n) is 9.10. The number of rotatable bonds is 5. The summed E-state index contributed by atoms with van der Waals surface area (Å²) in [4.78, 5) is 15.5. The second kappa shape index (κ2) is 7.52. The van der Waals surface area contributed by atoms with E-state index < -0.39 is 0 Å². The minimum atomic E-state index is -0.242. The third-order valence-corrected chi connectivity index (χ3v) is 4.64. The number of hydrazone groups is 1. The maximum atomic E-state index is 12.3. The molecule has 0 unspecified atom stereocenters. The lowest BCUT2D eigenvalue weighted by Crippen LogP contribution is -2.17. The van der Waals surface area contributed by atoms with Crippen molar-refractivity contribution in [2.45, 2.75) is 20.4 Å². The molecule has 4 aromatic rings. The smallest absolute Gasteiger partial charge is 0.271 e. The van der Waals surface area contributed by atoms with E-state index in [1.165, 1.54) is 0 Å². The Labute approximate surface area is 162 Å². The van der Waals surface area contributed by atoms with Gasteiger partial charge in [-0.15, -0.1) is 0 Å². The van der Waals surface area contributed by atoms with E-state index in [1.54, 1.807) is 18.3 Å². The van der Waals surface area contributed by atoms with Crippen LogP contribution in [0, 0.1) is 13.8 Å². The van der Waals surface area contributed by atoms with Crippen molar-refractivity contribution in [3.8, 4) is 0 Å². The van der Waals surface area contributed by atoms with E-state index in [0.29, 0.717) is 12.1 Å². The van der Waals surface area contributed by atoms with Crippen molar-refractivity contribution in [1.29, 1.82) is 0 Å². The molecule has 0 bridgehead atoms. The van der Waals surface area contributed by atoms with E-state index >= 15 is 0 Å². The third kappa shape index (κ3) is 3.71. The molecule has 28 heavy (non-hydrogen) atoms. The molecule has 0 saturated carbocycles. The summed E-state index contributed by atoms with van der Waals surface area (Å²) in [5, 5.41) is 9.62. The van der Waals surface area contributed by atoms with Crippen molar-refractivity contribution in [2.75, 3.05) is 0 Å².